The number of ether oxygens (including phenoxy) is 1. The quantitative estimate of drug-likeness (QED) is 0.540. The van der Waals surface area contributed by atoms with Gasteiger partial charge in [0.25, 0.3) is 0 Å². The molecule has 0 aliphatic heterocycles. The minimum absolute atomic E-state index is 0.115. The second-order valence-electron chi connectivity index (χ2n) is 8.03. The first-order valence-electron chi connectivity index (χ1n) is 10.2. The summed E-state index contributed by atoms with van der Waals surface area (Å²) in [6.45, 7) is 5.73. The standard InChI is InChI=1S/C24H28FN3O4/c1-24(2,3)32-23(31)26-14-13-21(29)27-16-18-5-4-6-20(15-18)28-22(30)12-9-17-7-10-19(25)11-8-17/h4-12,15H,13-14,16H2,1-3H3,(H,26,31)(H,27,29)(H,28,30)/b12-9+. The fraction of sp³-hybridized carbons (Fsp3) is 0.292. The van der Waals surface area contributed by atoms with E-state index < -0.39 is 11.7 Å². The third kappa shape index (κ3) is 9.88. The fourth-order valence-corrected chi connectivity index (χ4v) is 2.57. The van der Waals surface area contributed by atoms with Crippen molar-refractivity contribution >= 4 is 29.7 Å². The normalized spacial score (nSPS) is 11.1. The molecule has 8 heteroatoms. The highest BCUT2D eigenvalue weighted by Crippen LogP contribution is 2.11. The number of carbonyl (C=O) groups is 3. The average Bonchev–Trinajstić information content (AvgIpc) is 2.71. The third-order valence-corrected chi connectivity index (χ3v) is 4.00. The van der Waals surface area contributed by atoms with E-state index in [1.807, 2.05) is 6.07 Å². The Bertz CT molecular complexity index is 966. The van der Waals surface area contributed by atoms with Gasteiger partial charge in [-0.25, -0.2) is 9.18 Å². The van der Waals surface area contributed by atoms with E-state index in [9.17, 15) is 18.8 Å². The zero-order valence-corrected chi connectivity index (χ0v) is 18.4. The smallest absolute Gasteiger partial charge is 0.407 e. The van der Waals surface area contributed by atoms with Crippen molar-refractivity contribution in [1.82, 2.24) is 10.6 Å². The van der Waals surface area contributed by atoms with E-state index in [1.165, 1.54) is 18.2 Å². The van der Waals surface area contributed by atoms with E-state index in [0.717, 1.165) is 5.56 Å². The highest BCUT2D eigenvalue weighted by Gasteiger charge is 2.15. The van der Waals surface area contributed by atoms with Crippen molar-refractivity contribution in [2.75, 3.05) is 11.9 Å². The van der Waals surface area contributed by atoms with Crippen LogP contribution in [0.2, 0.25) is 0 Å². The summed E-state index contributed by atoms with van der Waals surface area (Å²) in [6.07, 6.45) is 2.50. The molecule has 32 heavy (non-hydrogen) atoms. The lowest BCUT2D eigenvalue weighted by atomic mass is 10.2. The van der Waals surface area contributed by atoms with E-state index in [1.54, 1.807) is 57.2 Å². The summed E-state index contributed by atoms with van der Waals surface area (Å²) in [7, 11) is 0. The lowest BCUT2D eigenvalue weighted by Gasteiger charge is -2.19. The molecule has 2 rings (SSSR count). The van der Waals surface area contributed by atoms with Crippen LogP contribution in [-0.2, 0) is 20.9 Å². The van der Waals surface area contributed by atoms with Crippen LogP contribution in [0.5, 0.6) is 0 Å². The molecule has 0 radical (unpaired) electrons. The third-order valence-electron chi connectivity index (χ3n) is 4.00. The summed E-state index contributed by atoms with van der Waals surface area (Å²) < 4.78 is 18.0. The van der Waals surface area contributed by atoms with Crippen LogP contribution in [-0.4, -0.2) is 30.1 Å². The maximum absolute atomic E-state index is 12.9. The maximum Gasteiger partial charge on any atom is 0.407 e. The van der Waals surface area contributed by atoms with E-state index in [4.69, 9.17) is 4.74 Å². The van der Waals surface area contributed by atoms with Crippen molar-refractivity contribution in [2.45, 2.75) is 39.3 Å². The first-order chi connectivity index (χ1) is 15.1. The molecule has 0 saturated heterocycles. The van der Waals surface area contributed by atoms with Gasteiger partial charge in [0.2, 0.25) is 11.8 Å². The Morgan fingerprint density at radius 1 is 1.03 bits per heavy atom. The second kappa shape index (κ2) is 11.6. The van der Waals surface area contributed by atoms with Gasteiger partial charge in [-0.1, -0.05) is 24.3 Å². The first-order valence-corrected chi connectivity index (χ1v) is 10.2. The van der Waals surface area contributed by atoms with Crippen LogP contribution in [0.4, 0.5) is 14.9 Å². The van der Waals surface area contributed by atoms with E-state index in [-0.39, 0.29) is 37.1 Å². The summed E-state index contributed by atoms with van der Waals surface area (Å²) in [5, 5.41) is 8.04. The van der Waals surface area contributed by atoms with Crippen molar-refractivity contribution in [2.24, 2.45) is 0 Å². The number of hydrogen-bond acceptors (Lipinski definition) is 4. The fourth-order valence-electron chi connectivity index (χ4n) is 2.57. The molecule has 0 bridgehead atoms. The molecule has 0 unspecified atom stereocenters. The topological polar surface area (TPSA) is 96.5 Å². The second-order valence-corrected chi connectivity index (χ2v) is 8.03. The van der Waals surface area contributed by atoms with Gasteiger partial charge < -0.3 is 20.7 Å². The van der Waals surface area contributed by atoms with Crippen LogP contribution >= 0.6 is 0 Å². The van der Waals surface area contributed by atoms with Crippen molar-refractivity contribution in [3.8, 4) is 0 Å². The lowest BCUT2D eigenvalue weighted by molar-refractivity contribution is -0.121. The zero-order chi connectivity index (χ0) is 23.6. The van der Waals surface area contributed by atoms with Crippen LogP contribution in [0.3, 0.4) is 0 Å². The minimum Gasteiger partial charge on any atom is -0.444 e. The summed E-state index contributed by atoms with van der Waals surface area (Å²) >= 11 is 0. The van der Waals surface area contributed by atoms with Crippen molar-refractivity contribution < 1.29 is 23.5 Å². The molecule has 2 aromatic rings. The van der Waals surface area contributed by atoms with Gasteiger partial charge >= 0.3 is 6.09 Å². The number of alkyl carbamates (subject to hydrolysis) is 1. The number of halogens is 1. The molecular weight excluding hydrogens is 413 g/mol. The molecule has 0 fully saturated rings. The molecule has 0 saturated carbocycles. The lowest BCUT2D eigenvalue weighted by Crippen LogP contribution is -2.35. The summed E-state index contributed by atoms with van der Waals surface area (Å²) in [4.78, 5) is 35.7. The number of hydrogen-bond donors (Lipinski definition) is 3. The number of nitrogens with one attached hydrogen (secondary N) is 3. The number of rotatable bonds is 8. The first kappa shape index (κ1) is 24.6. The molecule has 0 aliphatic rings. The van der Waals surface area contributed by atoms with Crippen molar-refractivity contribution in [3.63, 3.8) is 0 Å². The van der Waals surface area contributed by atoms with Crippen LogP contribution in [0.15, 0.2) is 54.6 Å². The Morgan fingerprint density at radius 3 is 2.44 bits per heavy atom. The predicted molar refractivity (Wildman–Crippen MR) is 121 cm³/mol. The average molecular weight is 442 g/mol. The van der Waals surface area contributed by atoms with Gasteiger partial charge in [-0.15, -0.1) is 0 Å². The van der Waals surface area contributed by atoms with Gasteiger partial charge in [0.05, 0.1) is 0 Å². The number of amides is 3. The molecule has 2 aromatic carbocycles. The van der Waals surface area contributed by atoms with Gasteiger partial charge in [-0.3, -0.25) is 9.59 Å². The molecule has 0 spiro atoms. The number of carbonyl (C=O) groups excluding carboxylic acids is 3. The highest BCUT2D eigenvalue weighted by molar-refractivity contribution is 6.01. The Labute approximate surface area is 187 Å². The van der Waals surface area contributed by atoms with Crippen LogP contribution < -0.4 is 16.0 Å². The summed E-state index contributed by atoms with van der Waals surface area (Å²) in [6, 6.07) is 12.9. The molecule has 3 amide bonds. The molecular formula is C24H28FN3O4. The van der Waals surface area contributed by atoms with Crippen molar-refractivity contribution in [3.05, 3.63) is 71.6 Å². The Hall–Kier alpha value is -3.68. The van der Waals surface area contributed by atoms with E-state index in [2.05, 4.69) is 16.0 Å². The molecule has 0 aromatic heterocycles. The van der Waals surface area contributed by atoms with Crippen LogP contribution in [0, 0.1) is 5.82 Å². The summed E-state index contributed by atoms with van der Waals surface area (Å²) in [5.41, 5.74) is 1.50. The zero-order valence-electron chi connectivity index (χ0n) is 18.4. The Kier molecular flexibility index (Phi) is 8.95. The van der Waals surface area contributed by atoms with Gasteiger partial charge in [-0.05, 0) is 62.2 Å². The predicted octanol–water partition coefficient (Wildman–Crippen LogP) is 4.01. The van der Waals surface area contributed by atoms with Gasteiger partial charge in [-0.2, -0.15) is 0 Å². The SMILES string of the molecule is CC(C)(C)OC(=O)NCCC(=O)NCc1cccc(NC(=O)/C=C/c2ccc(F)cc2)c1. The van der Waals surface area contributed by atoms with Crippen LogP contribution in [0.25, 0.3) is 6.08 Å². The van der Waals surface area contributed by atoms with Crippen molar-refractivity contribution in [1.29, 1.82) is 0 Å². The Morgan fingerprint density at radius 2 is 1.75 bits per heavy atom. The molecule has 0 aliphatic carbocycles. The molecule has 0 atom stereocenters. The Balaban J connectivity index is 1.76. The molecule has 3 N–H and O–H groups in total. The largest absolute Gasteiger partial charge is 0.444 e. The maximum atomic E-state index is 12.9. The number of benzene rings is 2. The number of anilines is 1. The monoisotopic (exact) mass is 441 g/mol. The summed E-state index contributed by atoms with van der Waals surface area (Å²) in [5.74, 6) is -0.892. The van der Waals surface area contributed by atoms with Crippen LogP contribution in [0.1, 0.15) is 38.3 Å². The van der Waals surface area contributed by atoms with Gasteiger partial charge in [0, 0.05) is 31.3 Å². The molecule has 7 nitrogen and oxygen atoms in total. The van der Waals surface area contributed by atoms with Gasteiger partial charge in [0.15, 0.2) is 0 Å². The van der Waals surface area contributed by atoms with Gasteiger partial charge in [0.1, 0.15) is 11.4 Å². The van der Waals surface area contributed by atoms with E-state index >= 15 is 0 Å². The minimum atomic E-state index is -0.594. The molecule has 0 heterocycles. The molecule has 170 valence electrons. The van der Waals surface area contributed by atoms with E-state index in [0.29, 0.717) is 11.3 Å². The highest BCUT2D eigenvalue weighted by atomic mass is 19.1.